The number of aromatic nitrogens is 1. The van der Waals surface area contributed by atoms with E-state index in [2.05, 4.69) is 10.3 Å². The van der Waals surface area contributed by atoms with Crippen molar-refractivity contribution in [3.63, 3.8) is 0 Å². The molecule has 0 saturated carbocycles. The monoisotopic (exact) mass is 381 g/mol. The number of hydrogen-bond donors (Lipinski definition) is 1. The van der Waals surface area contributed by atoms with Crippen molar-refractivity contribution in [3.8, 4) is 0 Å². The van der Waals surface area contributed by atoms with Crippen LogP contribution < -0.4 is 5.32 Å². The third-order valence-corrected chi connectivity index (χ3v) is 5.81. The number of amides is 2. The Morgan fingerprint density at radius 2 is 1.78 bits per heavy atom. The number of carbonyl (C=O) groups excluding carboxylic acids is 2. The lowest BCUT2D eigenvalue weighted by atomic mass is 10.0. The van der Waals surface area contributed by atoms with E-state index in [0.29, 0.717) is 0 Å². The van der Waals surface area contributed by atoms with Crippen molar-refractivity contribution in [2.75, 3.05) is 7.05 Å². The number of fused-ring (bicyclic) bond motifs is 1. The third-order valence-electron chi connectivity index (χ3n) is 4.60. The van der Waals surface area contributed by atoms with Gasteiger partial charge in [0.05, 0.1) is 28.7 Å². The van der Waals surface area contributed by atoms with Gasteiger partial charge >= 0.3 is 0 Å². The Hall–Kier alpha value is -2.73. The highest BCUT2D eigenvalue weighted by Gasteiger charge is 2.24. The number of hydrogen-bond acceptors (Lipinski definition) is 4. The maximum atomic E-state index is 12.9. The van der Waals surface area contributed by atoms with Crippen LogP contribution >= 0.6 is 11.3 Å². The van der Waals surface area contributed by atoms with Crippen molar-refractivity contribution in [1.82, 2.24) is 15.2 Å². The molecule has 5 nitrogen and oxygen atoms in total. The van der Waals surface area contributed by atoms with Gasteiger partial charge in [-0.3, -0.25) is 9.59 Å². The molecule has 0 aliphatic heterocycles. The molecule has 0 aliphatic rings. The van der Waals surface area contributed by atoms with Gasteiger partial charge in [-0.25, -0.2) is 4.98 Å². The maximum absolute atomic E-state index is 12.9. The van der Waals surface area contributed by atoms with Gasteiger partial charge in [0.25, 0.3) is 0 Å². The van der Waals surface area contributed by atoms with Gasteiger partial charge in [0.1, 0.15) is 5.01 Å². The number of rotatable bonds is 6. The van der Waals surface area contributed by atoms with Crippen molar-refractivity contribution in [2.45, 2.75) is 32.4 Å². The number of thiazole rings is 1. The van der Waals surface area contributed by atoms with Crippen LogP contribution in [-0.4, -0.2) is 28.7 Å². The third kappa shape index (κ3) is 4.52. The Morgan fingerprint density at radius 1 is 1.11 bits per heavy atom. The van der Waals surface area contributed by atoms with Crippen LogP contribution in [0.4, 0.5) is 0 Å². The lowest BCUT2D eigenvalue weighted by Crippen LogP contribution is -2.35. The molecule has 2 amide bonds. The summed E-state index contributed by atoms with van der Waals surface area (Å²) in [5, 5.41) is 3.79. The summed E-state index contributed by atoms with van der Waals surface area (Å²) >= 11 is 1.60. The van der Waals surface area contributed by atoms with Gasteiger partial charge in [-0.2, -0.15) is 0 Å². The number of nitrogens with zero attached hydrogens (tertiary/aromatic N) is 2. The van der Waals surface area contributed by atoms with Crippen LogP contribution in [-0.2, 0) is 9.59 Å². The molecule has 0 fully saturated rings. The summed E-state index contributed by atoms with van der Waals surface area (Å²) in [5.74, 6) is -0.192. The molecule has 0 unspecified atom stereocenters. The second-order valence-corrected chi connectivity index (χ2v) is 7.63. The van der Waals surface area contributed by atoms with E-state index in [0.717, 1.165) is 20.8 Å². The highest BCUT2D eigenvalue weighted by atomic mass is 32.1. The van der Waals surface area contributed by atoms with Crippen LogP contribution in [0.5, 0.6) is 0 Å². The van der Waals surface area contributed by atoms with Crippen LogP contribution in [0.1, 0.15) is 42.9 Å². The number of para-hydroxylation sites is 1. The van der Waals surface area contributed by atoms with Crippen molar-refractivity contribution in [2.24, 2.45) is 0 Å². The predicted molar refractivity (Wildman–Crippen MR) is 108 cm³/mol. The fourth-order valence-electron chi connectivity index (χ4n) is 2.95. The molecule has 1 heterocycles. The van der Waals surface area contributed by atoms with Gasteiger partial charge < -0.3 is 10.2 Å². The first-order chi connectivity index (χ1) is 13.0. The second kappa shape index (κ2) is 8.31. The second-order valence-electron chi connectivity index (χ2n) is 6.57. The zero-order chi connectivity index (χ0) is 19.4. The summed E-state index contributed by atoms with van der Waals surface area (Å²) in [6.07, 6.45) is 0.204. The van der Waals surface area contributed by atoms with E-state index in [9.17, 15) is 9.59 Å². The Kier molecular flexibility index (Phi) is 5.86. The van der Waals surface area contributed by atoms with Crippen molar-refractivity contribution >= 4 is 33.4 Å². The topological polar surface area (TPSA) is 62.3 Å². The highest BCUT2D eigenvalue weighted by molar-refractivity contribution is 7.18. The van der Waals surface area contributed by atoms with Crippen LogP contribution in [0.3, 0.4) is 0 Å². The van der Waals surface area contributed by atoms with Gasteiger partial charge in [-0.05, 0) is 24.6 Å². The van der Waals surface area contributed by atoms with E-state index in [1.807, 2.05) is 61.5 Å². The Labute approximate surface area is 163 Å². The van der Waals surface area contributed by atoms with Gasteiger partial charge in [-0.15, -0.1) is 11.3 Å². The molecule has 3 rings (SSSR count). The Morgan fingerprint density at radius 3 is 2.44 bits per heavy atom. The molecule has 6 heteroatoms. The number of carbonyl (C=O) groups is 2. The largest absolute Gasteiger partial charge is 0.349 e. The molecule has 27 heavy (non-hydrogen) atoms. The molecule has 140 valence electrons. The molecular weight excluding hydrogens is 358 g/mol. The highest BCUT2D eigenvalue weighted by Crippen LogP contribution is 2.29. The summed E-state index contributed by atoms with van der Waals surface area (Å²) in [4.78, 5) is 30.8. The molecule has 1 aromatic heterocycles. The van der Waals surface area contributed by atoms with E-state index in [1.54, 1.807) is 23.3 Å². The van der Waals surface area contributed by atoms with Gasteiger partial charge in [0.2, 0.25) is 11.8 Å². The van der Waals surface area contributed by atoms with E-state index in [-0.39, 0.29) is 30.3 Å². The van der Waals surface area contributed by atoms with E-state index in [1.165, 1.54) is 6.92 Å². The zero-order valence-electron chi connectivity index (χ0n) is 15.7. The van der Waals surface area contributed by atoms with Crippen molar-refractivity contribution in [1.29, 1.82) is 0 Å². The van der Waals surface area contributed by atoms with Crippen LogP contribution in [0.15, 0.2) is 54.6 Å². The zero-order valence-corrected chi connectivity index (χ0v) is 16.5. The van der Waals surface area contributed by atoms with Gasteiger partial charge in [0.15, 0.2) is 0 Å². The lowest BCUT2D eigenvalue weighted by molar-refractivity contribution is -0.132. The SMILES string of the molecule is CC(=O)N[C@@H](CC(=O)N(C)[C@H](C)c1nc2ccccc2s1)c1ccccc1. The quantitative estimate of drug-likeness (QED) is 0.700. The maximum Gasteiger partial charge on any atom is 0.225 e. The van der Waals surface area contributed by atoms with Crippen molar-refractivity contribution in [3.05, 3.63) is 65.2 Å². The summed E-state index contributed by atoms with van der Waals surface area (Å²) < 4.78 is 1.11. The average molecular weight is 382 g/mol. The van der Waals surface area contributed by atoms with E-state index >= 15 is 0 Å². The molecule has 0 radical (unpaired) electrons. The molecule has 3 aromatic rings. The van der Waals surface area contributed by atoms with Crippen molar-refractivity contribution < 1.29 is 9.59 Å². The van der Waals surface area contributed by atoms with Crippen LogP contribution in [0, 0.1) is 0 Å². The summed E-state index contributed by atoms with van der Waals surface area (Å²) in [7, 11) is 1.79. The first-order valence-electron chi connectivity index (χ1n) is 8.89. The first kappa shape index (κ1) is 19.0. The smallest absolute Gasteiger partial charge is 0.225 e. The number of nitrogens with one attached hydrogen (secondary N) is 1. The van der Waals surface area contributed by atoms with E-state index in [4.69, 9.17) is 0 Å². The van der Waals surface area contributed by atoms with Crippen LogP contribution in [0.2, 0.25) is 0 Å². The molecule has 0 aliphatic carbocycles. The standard InChI is InChI=1S/C21H23N3O2S/c1-14(21-23-17-11-7-8-12-19(17)27-21)24(3)20(26)13-18(22-15(2)25)16-9-5-4-6-10-16/h4-12,14,18H,13H2,1-3H3,(H,22,25)/t14-,18+/m1/s1. The van der Waals surface area contributed by atoms with Gasteiger partial charge in [-0.1, -0.05) is 42.5 Å². The summed E-state index contributed by atoms with van der Waals surface area (Å²) in [6.45, 7) is 3.44. The predicted octanol–water partition coefficient (Wildman–Crippen LogP) is 4.08. The lowest BCUT2D eigenvalue weighted by Gasteiger charge is -2.26. The minimum absolute atomic E-state index is 0.0376. The molecule has 0 saturated heterocycles. The minimum Gasteiger partial charge on any atom is -0.349 e. The summed E-state index contributed by atoms with van der Waals surface area (Å²) in [6, 6.07) is 17.0. The Bertz CT molecular complexity index is 906. The average Bonchev–Trinajstić information content (AvgIpc) is 3.10. The molecule has 0 bridgehead atoms. The molecule has 0 spiro atoms. The van der Waals surface area contributed by atoms with Gasteiger partial charge in [0, 0.05) is 14.0 Å². The number of benzene rings is 2. The fraction of sp³-hybridized carbons (Fsp3) is 0.286. The molecule has 2 atom stereocenters. The fourth-order valence-corrected chi connectivity index (χ4v) is 4.01. The molecule has 2 aromatic carbocycles. The van der Waals surface area contributed by atoms with E-state index < -0.39 is 0 Å². The first-order valence-corrected chi connectivity index (χ1v) is 9.70. The normalized spacial score (nSPS) is 13.1. The molecular formula is C21H23N3O2S. The minimum atomic E-state index is -0.346. The molecule has 1 N–H and O–H groups in total. The van der Waals surface area contributed by atoms with Crippen LogP contribution in [0.25, 0.3) is 10.2 Å². The Balaban J connectivity index is 1.75. The summed E-state index contributed by atoms with van der Waals surface area (Å²) in [5.41, 5.74) is 1.87.